The van der Waals surface area contributed by atoms with Crippen LogP contribution < -0.4 is 9.64 Å². The Morgan fingerprint density at radius 1 is 0.938 bits per heavy atom. The summed E-state index contributed by atoms with van der Waals surface area (Å²) in [7, 11) is 1.29. The monoisotopic (exact) mass is 445 g/mol. The quantitative estimate of drug-likeness (QED) is 0.356. The zero-order valence-electron chi connectivity index (χ0n) is 17.5. The molecule has 5 nitrogen and oxygen atoms in total. The molecule has 32 heavy (non-hydrogen) atoms. The van der Waals surface area contributed by atoms with Crippen molar-refractivity contribution < 1.29 is 19.1 Å². The normalized spacial score (nSPS) is 14.8. The van der Waals surface area contributed by atoms with Crippen LogP contribution in [0.25, 0.3) is 6.08 Å². The van der Waals surface area contributed by atoms with E-state index in [1.807, 2.05) is 48.5 Å². The third-order valence-corrected chi connectivity index (χ3v) is 5.24. The Morgan fingerprint density at radius 2 is 1.66 bits per heavy atom. The first-order chi connectivity index (χ1) is 15.5. The number of nitrogens with zero attached hydrogens (tertiary/aromatic N) is 1. The van der Waals surface area contributed by atoms with Crippen LogP contribution in [0, 0.1) is 0 Å². The van der Waals surface area contributed by atoms with E-state index in [2.05, 4.69) is 0 Å². The van der Waals surface area contributed by atoms with Crippen molar-refractivity contribution in [3.05, 3.63) is 106 Å². The minimum atomic E-state index is -0.580. The smallest absolute Gasteiger partial charge is 0.340 e. The van der Waals surface area contributed by atoms with Gasteiger partial charge in [-0.3, -0.25) is 9.69 Å². The average molecular weight is 446 g/mol. The topological polar surface area (TPSA) is 55.8 Å². The number of methoxy groups -OCH3 is 1. The molecule has 1 aliphatic rings. The number of hydrogen-bond acceptors (Lipinski definition) is 4. The van der Waals surface area contributed by atoms with Crippen LogP contribution in [0.1, 0.15) is 12.5 Å². The SMILES string of the molecule is COC(=O)C1=C(C)N(c2cccc(Cl)c2)C(=O)/C1=C\c1cccc(Oc2ccccc2)c1. The Balaban J connectivity index is 1.74. The molecule has 3 aromatic carbocycles. The zero-order valence-corrected chi connectivity index (χ0v) is 18.3. The minimum absolute atomic E-state index is 0.215. The van der Waals surface area contributed by atoms with Crippen molar-refractivity contribution in [3.63, 3.8) is 0 Å². The van der Waals surface area contributed by atoms with Crippen molar-refractivity contribution in [2.75, 3.05) is 12.0 Å². The van der Waals surface area contributed by atoms with Crippen molar-refractivity contribution in [1.82, 2.24) is 0 Å². The lowest BCUT2D eigenvalue weighted by Gasteiger charge is -2.18. The standard InChI is InChI=1S/C26H20ClNO4/c1-17-24(26(30)31-2)23(25(29)28(17)20-10-7-9-19(27)16-20)15-18-8-6-13-22(14-18)32-21-11-4-3-5-12-21/h3-16H,1-2H3/b23-15-. The highest BCUT2D eigenvalue weighted by atomic mass is 35.5. The predicted octanol–water partition coefficient (Wildman–Crippen LogP) is 6.01. The van der Waals surface area contributed by atoms with Gasteiger partial charge in [0, 0.05) is 10.7 Å². The summed E-state index contributed by atoms with van der Waals surface area (Å²) in [5, 5.41) is 0.492. The van der Waals surface area contributed by atoms with Gasteiger partial charge in [-0.05, 0) is 61.0 Å². The van der Waals surface area contributed by atoms with Gasteiger partial charge in [-0.2, -0.15) is 0 Å². The molecule has 0 atom stereocenters. The van der Waals surface area contributed by atoms with Crippen molar-refractivity contribution in [2.24, 2.45) is 0 Å². The maximum atomic E-state index is 13.4. The maximum absolute atomic E-state index is 13.4. The van der Waals surface area contributed by atoms with E-state index in [1.165, 1.54) is 12.0 Å². The number of hydrogen-bond donors (Lipinski definition) is 0. The molecule has 0 radical (unpaired) electrons. The molecule has 0 aliphatic carbocycles. The predicted molar refractivity (Wildman–Crippen MR) is 125 cm³/mol. The zero-order chi connectivity index (χ0) is 22.7. The molecule has 1 amide bonds. The van der Waals surface area contributed by atoms with E-state index in [0.717, 1.165) is 0 Å². The van der Waals surface area contributed by atoms with Gasteiger partial charge in [-0.15, -0.1) is 0 Å². The number of carbonyl (C=O) groups excluding carboxylic acids is 2. The summed E-state index contributed by atoms with van der Waals surface area (Å²) in [5.74, 6) is 0.401. The molecule has 3 aromatic rings. The van der Waals surface area contributed by atoms with Gasteiger partial charge < -0.3 is 9.47 Å². The van der Waals surface area contributed by atoms with Crippen LogP contribution in [-0.2, 0) is 14.3 Å². The lowest BCUT2D eigenvalue weighted by atomic mass is 10.0. The van der Waals surface area contributed by atoms with Gasteiger partial charge in [-0.25, -0.2) is 4.79 Å². The van der Waals surface area contributed by atoms with Gasteiger partial charge in [0.2, 0.25) is 0 Å². The summed E-state index contributed by atoms with van der Waals surface area (Å²) in [6.45, 7) is 1.71. The van der Waals surface area contributed by atoms with Crippen LogP contribution in [0.5, 0.6) is 11.5 Å². The molecule has 0 saturated carbocycles. The molecule has 0 N–H and O–H groups in total. The van der Waals surface area contributed by atoms with E-state index in [1.54, 1.807) is 43.3 Å². The summed E-state index contributed by atoms with van der Waals surface area (Å²) in [6.07, 6.45) is 1.67. The van der Waals surface area contributed by atoms with Crippen LogP contribution >= 0.6 is 11.6 Å². The highest BCUT2D eigenvalue weighted by molar-refractivity contribution is 6.31. The first kappa shape index (κ1) is 21.4. The Labute approximate surface area is 191 Å². The number of halogens is 1. The van der Waals surface area contributed by atoms with Crippen LogP contribution in [-0.4, -0.2) is 19.0 Å². The minimum Gasteiger partial charge on any atom is -0.465 e. The van der Waals surface area contributed by atoms with Crippen LogP contribution in [0.3, 0.4) is 0 Å². The van der Waals surface area contributed by atoms with E-state index in [4.69, 9.17) is 21.1 Å². The Hall–Kier alpha value is -3.83. The number of para-hydroxylation sites is 1. The fraction of sp³-hybridized carbons (Fsp3) is 0.0769. The molecule has 0 fully saturated rings. The van der Waals surface area contributed by atoms with Crippen molar-refractivity contribution in [3.8, 4) is 11.5 Å². The number of allylic oxidation sites excluding steroid dienone is 1. The molecule has 0 aromatic heterocycles. The number of rotatable bonds is 5. The van der Waals surface area contributed by atoms with Gasteiger partial charge >= 0.3 is 5.97 Å². The number of amides is 1. The lowest BCUT2D eigenvalue weighted by Crippen LogP contribution is -2.24. The van der Waals surface area contributed by atoms with Gasteiger partial charge in [0.15, 0.2) is 0 Å². The second-order valence-corrected chi connectivity index (χ2v) is 7.55. The first-order valence-electron chi connectivity index (χ1n) is 9.92. The highest BCUT2D eigenvalue weighted by Gasteiger charge is 2.37. The summed E-state index contributed by atoms with van der Waals surface area (Å²) in [5.41, 5.74) is 2.22. The van der Waals surface area contributed by atoms with Crippen LogP contribution in [0.2, 0.25) is 5.02 Å². The molecule has 0 saturated heterocycles. The molecule has 1 aliphatic heterocycles. The average Bonchev–Trinajstić information content (AvgIpc) is 3.03. The third kappa shape index (κ3) is 4.29. The first-order valence-corrected chi connectivity index (χ1v) is 10.3. The Bertz CT molecular complexity index is 1250. The van der Waals surface area contributed by atoms with Crippen molar-refractivity contribution >= 4 is 35.2 Å². The molecule has 0 unspecified atom stereocenters. The fourth-order valence-electron chi connectivity index (χ4n) is 3.57. The van der Waals surface area contributed by atoms with E-state index in [-0.39, 0.29) is 17.1 Å². The molecule has 1 heterocycles. The van der Waals surface area contributed by atoms with E-state index < -0.39 is 5.97 Å². The summed E-state index contributed by atoms with van der Waals surface area (Å²) in [4.78, 5) is 27.4. The number of ether oxygens (including phenoxy) is 2. The second kappa shape index (κ2) is 9.12. The second-order valence-electron chi connectivity index (χ2n) is 7.12. The molecule has 6 heteroatoms. The number of carbonyl (C=O) groups is 2. The highest BCUT2D eigenvalue weighted by Crippen LogP contribution is 2.36. The molecule has 4 rings (SSSR count). The van der Waals surface area contributed by atoms with Gasteiger partial charge in [0.25, 0.3) is 5.91 Å². The largest absolute Gasteiger partial charge is 0.465 e. The number of anilines is 1. The number of esters is 1. The van der Waals surface area contributed by atoms with E-state index in [9.17, 15) is 9.59 Å². The summed E-state index contributed by atoms with van der Waals surface area (Å²) in [6, 6.07) is 23.6. The Kier molecular flexibility index (Phi) is 6.10. The van der Waals surface area contributed by atoms with Crippen LogP contribution in [0.15, 0.2) is 95.7 Å². The molecular weight excluding hydrogens is 426 g/mol. The van der Waals surface area contributed by atoms with E-state index in [0.29, 0.717) is 33.5 Å². The van der Waals surface area contributed by atoms with Gasteiger partial charge in [0.1, 0.15) is 11.5 Å². The lowest BCUT2D eigenvalue weighted by molar-refractivity contribution is -0.136. The molecule has 160 valence electrons. The number of benzene rings is 3. The molecule has 0 spiro atoms. The Morgan fingerprint density at radius 3 is 2.38 bits per heavy atom. The van der Waals surface area contributed by atoms with Gasteiger partial charge in [-0.1, -0.05) is 48.0 Å². The summed E-state index contributed by atoms with van der Waals surface area (Å²) >= 11 is 6.12. The van der Waals surface area contributed by atoms with Crippen molar-refractivity contribution in [2.45, 2.75) is 6.92 Å². The van der Waals surface area contributed by atoms with Crippen LogP contribution in [0.4, 0.5) is 5.69 Å². The van der Waals surface area contributed by atoms with Crippen molar-refractivity contribution in [1.29, 1.82) is 0 Å². The van der Waals surface area contributed by atoms with E-state index >= 15 is 0 Å². The third-order valence-electron chi connectivity index (χ3n) is 5.00. The molecule has 0 bridgehead atoms. The fourth-order valence-corrected chi connectivity index (χ4v) is 3.75. The maximum Gasteiger partial charge on any atom is 0.340 e. The summed E-state index contributed by atoms with van der Waals surface area (Å²) < 4.78 is 10.9. The van der Waals surface area contributed by atoms with Gasteiger partial charge in [0.05, 0.1) is 23.9 Å². The molecular formula is C26H20ClNO4.